The summed E-state index contributed by atoms with van der Waals surface area (Å²) in [5.41, 5.74) is 21.6. The Balaban J connectivity index is 0.989. The molecule has 0 atom stereocenters. The first-order valence-corrected chi connectivity index (χ1v) is 29.0. The quantitative estimate of drug-likeness (QED) is 0.123. The zero-order chi connectivity index (χ0) is 58.3. The van der Waals surface area contributed by atoms with Crippen molar-refractivity contribution in [2.75, 3.05) is 19.6 Å². The second kappa shape index (κ2) is 22.0. The van der Waals surface area contributed by atoms with Gasteiger partial charge in [0.25, 0.3) is 0 Å². The SMILES string of the molecule is c1ccc(N2c3ccccc3N(c3cc(-c4cc(-c5ccccn5)nc(-c5cccnc5)n4)ccc3-c3ccc(-c4cc(-c5cccnc5)nc(-c5ccccn5)n4)cc3N3c4ccccc4N(c4ccccc4)c4ccccc43)c3ccccc32)cc1. The van der Waals surface area contributed by atoms with Crippen molar-refractivity contribution in [1.29, 1.82) is 0 Å². The molecule has 0 saturated carbocycles. The molecule has 0 unspecified atom stereocenters. The van der Waals surface area contributed by atoms with Crippen LogP contribution in [-0.4, -0.2) is 39.9 Å². The third kappa shape index (κ3) is 9.21. The molecule has 0 fully saturated rings. The second-order valence-corrected chi connectivity index (χ2v) is 21.3. The predicted molar refractivity (Wildman–Crippen MR) is 353 cm³/mol. The number of anilines is 12. The first-order chi connectivity index (χ1) is 43.7. The van der Waals surface area contributed by atoms with Gasteiger partial charge in [-0.15, -0.1) is 0 Å². The fourth-order valence-corrected chi connectivity index (χ4v) is 12.1. The van der Waals surface area contributed by atoms with Crippen molar-refractivity contribution in [3.63, 3.8) is 0 Å². The fraction of sp³-hybridized carbons (Fsp3) is 0. The average Bonchev–Trinajstić information content (AvgIpc) is 0.839. The van der Waals surface area contributed by atoms with E-state index in [1.165, 1.54) is 0 Å². The van der Waals surface area contributed by atoms with Crippen LogP contribution < -0.4 is 19.6 Å². The Bertz CT molecular complexity index is 4360. The van der Waals surface area contributed by atoms with Gasteiger partial charge in [0.2, 0.25) is 0 Å². The van der Waals surface area contributed by atoms with Crippen LogP contribution in [-0.2, 0) is 0 Å². The van der Waals surface area contributed by atoms with Crippen LogP contribution in [0.2, 0.25) is 0 Å². The molecule has 6 aromatic heterocycles. The van der Waals surface area contributed by atoms with Gasteiger partial charge in [-0.05, 0) is 146 Å². The largest absolute Gasteiger partial charge is 0.306 e. The van der Waals surface area contributed by atoms with Crippen LogP contribution in [0.5, 0.6) is 0 Å². The Morgan fingerprint density at radius 2 is 0.591 bits per heavy atom. The van der Waals surface area contributed by atoms with Gasteiger partial charge < -0.3 is 19.6 Å². The standard InChI is InChI=1S/C76H50N12/c1-3-23-55(24-4-1)85-65-29-7-11-33-69(65)87(70-34-12-8-30-66(70)85)73-45-51(61-47-63(53-21-19-41-77-49-53)83-76(82-61)60-28-16-18-44-80-60)37-39-57(73)58-40-38-52(62-48-64(59-27-15-17-43-79-59)84-75(81-62)54-22-20-42-78-50-54)46-74(58)88-71-35-13-9-31-67(71)86(56-25-5-2-6-26-56)68-32-10-14-36-72(68)88/h1-50H. The summed E-state index contributed by atoms with van der Waals surface area (Å²) in [4.78, 5) is 49.0. The van der Waals surface area contributed by atoms with E-state index in [0.29, 0.717) is 23.0 Å². The predicted octanol–water partition coefficient (Wildman–Crippen LogP) is 19.0. The Morgan fingerprint density at radius 3 is 1.02 bits per heavy atom. The summed E-state index contributed by atoms with van der Waals surface area (Å²) in [6.45, 7) is 0. The van der Waals surface area contributed by atoms with Crippen LogP contribution in [0.15, 0.2) is 304 Å². The molecule has 0 amide bonds. The summed E-state index contributed by atoms with van der Waals surface area (Å²) in [5, 5.41) is 0. The highest BCUT2D eigenvalue weighted by molar-refractivity contribution is 6.08. The summed E-state index contributed by atoms with van der Waals surface area (Å²) in [6, 6.07) is 92.9. The van der Waals surface area contributed by atoms with E-state index in [1.807, 2.05) is 72.9 Å². The Labute approximate surface area is 508 Å². The monoisotopic (exact) mass is 1130 g/mol. The van der Waals surface area contributed by atoms with Crippen molar-refractivity contribution in [2.45, 2.75) is 0 Å². The summed E-state index contributed by atoms with van der Waals surface area (Å²) in [5.74, 6) is 1.04. The highest BCUT2D eigenvalue weighted by Crippen LogP contribution is 2.59. The lowest BCUT2D eigenvalue weighted by atomic mass is 9.93. The maximum atomic E-state index is 5.37. The number of rotatable bonds is 11. The third-order valence-electron chi connectivity index (χ3n) is 16.0. The highest BCUT2D eigenvalue weighted by Gasteiger charge is 2.35. The molecule has 0 radical (unpaired) electrons. The van der Waals surface area contributed by atoms with Gasteiger partial charge in [0.05, 0.1) is 85.3 Å². The van der Waals surface area contributed by atoms with E-state index in [9.17, 15) is 0 Å². The van der Waals surface area contributed by atoms with Gasteiger partial charge in [0.15, 0.2) is 11.6 Å². The van der Waals surface area contributed by atoms with Crippen LogP contribution in [0.4, 0.5) is 68.2 Å². The van der Waals surface area contributed by atoms with Crippen molar-refractivity contribution in [2.24, 2.45) is 0 Å². The first kappa shape index (κ1) is 51.4. The highest BCUT2D eigenvalue weighted by atomic mass is 15.3. The average molecular weight is 1130 g/mol. The molecule has 16 rings (SSSR count). The summed E-state index contributed by atoms with van der Waals surface area (Å²) >= 11 is 0. The van der Waals surface area contributed by atoms with Crippen LogP contribution in [0.3, 0.4) is 0 Å². The molecule has 88 heavy (non-hydrogen) atoms. The molecular weight excluding hydrogens is 1080 g/mol. The van der Waals surface area contributed by atoms with Crippen LogP contribution >= 0.6 is 0 Å². The molecule has 0 aliphatic carbocycles. The molecule has 0 bridgehead atoms. The van der Waals surface area contributed by atoms with Gasteiger partial charge in [-0.1, -0.05) is 121 Å². The lowest BCUT2D eigenvalue weighted by Crippen LogP contribution is -2.25. The minimum absolute atomic E-state index is 0.502. The summed E-state index contributed by atoms with van der Waals surface area (Å²) in [7, 11) is 0. The normalized spacial score (nSPS) is 12.2. The van der Waals surface area contributed by atoms with Crippen molar-refractivity contribution in [3.05, 3.63) is 304 Å². The lowest BCUT2D eigenvalue weighted by molar-refractivity contribution is 1.14. The molecule has 414 valence electrons. The zero-order valence-corrected chi connectivity index (χ0v) is 47.2. The van der Waals surface area contributed by atoms with Gasteiger partial charge in [-0.25, -0.2) is 19.9 Å². The van der Waals surface area contributed by atoms with E-state index in [0.717, 1.165) is 124 Å². The fourth-order valence-electron chi connectivity index (χ4n) is 12.1. The number of fused-ring (bicyclic) bond motifs is 4. The molecule has 0 N–H and O–H groups in total. The van der Waals surface area contributed by atoms with E-state index >= 15 is 0 Å². The van der Waals surface area contributed by atoms with Gasteiger partial charge in [0.1, 0.15) is 5.69 Å². The van der Waals surface area contributed by atoms with E-state index in [1.54, 1.807) is 31.0 Å². The first-order valence-electron chi connectivity index (χ1n) is 29.0. The molecular formula is C76H50N12. The molecule has 12 nitrogen and oxygen atoms in total. The second-order valence-electron chi connectivity index (χ2n) is 21.3. The van der Waals surface area contributed by atoms with Crippen LogP contribution in [0.25, 0.3) is 79.2 Å². The number of para-hydroxylation sites is 10. The number of aromatic nitrogens is 8. The topological polar surface area (TPSA) is 116 Å². The molecule has 14 aromatic rings. The number of pyridine rings is 4. The summed E-state index contributed by atoms with van der Waals surface area (Å²) < 4.78 is 0. The molecule has 2 aliphatic rings. The van der Waals surface area contributed by atoms with E-state index in [2.05, 4.69) is 230 Å². The van der Waals surface area contributed by atoms with Crippen molar-refractivity contribution in [3.8, 4) is 79.2 Å². The van der Waals surface area contributed by atoms with Crippen molar-refractivity contribution >= 4 is 68.2 Å². The van der Waals surface area contributed by atoms with E-state index in [-0.39, 0.29) is 0 Å². The molecule has 2 aliphatic heterocycles. The molecule has 0 saturated heterocycles. The summed E-state index contributed by atoms with van der Waals surface area (Å²) in [6.07, 6.45) is 10.7. The number of hydrogen-bond acceptors (Lipinski definition) is 12. The Kier molecular flexibility index (Phi) is 12.9. The van der Waals surface area contributed by atoms with Crippen molar-refractivity contribution in [1.82, 2.24) is 39.9 Å². The molecule has 12 heteroatoms. The minimum atomic E-state index is 0.502. The molecule has 8 aromatic carbocycles. The van der Waals surface area contributed by atoms with Gasteiger partial charge in [0, 0.05) is 81.9 Å². The van der Waals surface area contributed by atoms with Gasteiger partial charge >= 0.3 is 0 Å². The number of hydrogen-bond donors (Lipinski definition) is 0. The number of benzene rings is 8. The van der Waals surface area contributed by atoms with E-state index < -0.39 is 0 Å². The van der Waals surface area contributed by atoms with Crippen LogP contribution in [0.1, 0.15) is 0 Å². The Hall–Kier alpha value is -12.3. The molecule has 0 spiro atoms. The minimum Gasteiger partial charge on any atom is -0.306 e. The van der Waals surface area contributed by atoms with Crippen molar-refractivity contribution < 1.29 is 0 Å². The smallest absolute Gasteiger partial charge is 0.179 e. The van der Waals surface area contributed by atoms with Crippen LogP contribution in [0, 0.1) is 0 Å². The third-order valence-corrected chi connectivity index (χ3v) is 16.0. The zero-order valence-electron chi connectivity index (χ0n) is 47.2. The number of nitrogens with zero attached hydrogens (tertiary/aromatic N) is 12. The maximum Gasteiger partial charge on any atom is 0.179 e. The molecule has 8 heterocycles. The lowest BCUT2D eigenvalue weighted by Gasteiger charge is -2.42. The van der Waals surface area contributed by atoms with E-state index in [4.69, 9.17) is 29.9 Å². The Morgan fingerprint density at radius 1 is 0.216 bits per heavy atom. The maximum absolute atomic E-state index is 5.37. The van der Waals surface area contributed by atoms with Gasteiger partial charge in [-0.2, -0.15) is 0 Å². The van der Waals surface area contributed by atoms with Gasteiger partial charge in [-0.3, -0.25) is 19.9 Å².